The van der Waals surface area contributed by atoms with Crippen LogP contribution in [0.15, 0.2) is 0 Å². The van der Waals surface area contributed by atoms with E-state index >= 15 is 0 Å². The van der Waals surface area contributed by atoms with Gasteiger partial charge in [0.05, 0.1) is 0 Å². The third-order valence-corrected chi connectivity index (χ3v) is 2.46. The molecule has 0 rings (SSSR count). The van der Waals surface area contributed by atoms with Crippen molar-refractivity contribution in [2.45, 2.75) is 39.7 Å². The number of carbonyl (C=O) groups excluding carboxylic acids is 1. The molecular weight excluding hydrogens is 174 g/mol. The Hall–Kier alpha value is -0.240. The molecular formula is C9H18ClNO. The Kier molecular flexibility index (Phi) is 6.17. The van der Waals surface area contributed by atoms with E-state index in [9.17, 15) is 4.79 Å². The van der Waals surface area contributed by atoms with Crippen molar-refractivity contribution in [3.8, 4) is 0 Å². The molecule has 0 aromatic rings. The Balaban J connectivity index is 3.81. The van der Waals surface area contributed by atoms with Crippen molar-refractivity contribution in [1.82, 2.24) is 5.32 Å². The first kappa shape index (κ1) is 11.8. The second-order valence-corrected chi connectivity index (χ2v) is 3.39. The van der Waals surface area contributed by atoms with Crippen LogP contribution in [0.5, 0.6) is 0 Å². The monoisotopic (exact) mass is 191 g/mol. The Bertz CT molecular complexity index is 134. The molecule has 0 saturated heterocycles. The van der Waals surface area contributed by atoms with Gasteiger partial charge in [-0.2, -0.15) is 0 Å². The van der Waals surface area contributed by atoms with Crippen molar-refractivity contribution >= 4 is 17.5 Å². The first-order chi connectivity index (χ1) is 5.65. The lowest BCUT2D eigenvalue weighted by atomic mass is 10.1. The molecule has 0 aromatic heterocycles. The van der Waals surface area contributed by atoms with Crippen LogP contribution in [0, 0.1) is 5.92 Å². The maximum absolute atomic E-state index is 11.3. The zero-order chi connectivity index (χ0) is 9.56. The zero-order valence-corrected chi connectivity index (χ0v) is 8.82. The number of halogens is 1. The molecule has 0 aliphatic rings. The van der Waals surface area contributed by atoms with Crippen LogP contribution in [0.4, 0.5) is 0 Å². The van der Waals surface area contributed by atoms with Crippen LogP contribution in [0.1, 0.15) is 33.6 Å². The van der Waals surface area contributed by atoms with Crippen LogP contribution < -0.4 is 5.32 Å². The number of amides is 1. The Labute approximate surface area is 79.7 Å². The Morgan fingerprint density at radius 1 is 1.42 bits per heavy atom. The summed E-state index contributed by atoms with van der Waals surface area (Å²) in [5.41, 5.74) is 0. The number of nitrogens with one attached hydrogen (secondary N) is 1. The fourth-order valence-electron chi connectivity index (χ4n) is 0.779. The van der Waals surface area contributed by atoms with Gasteiger partial charge >= 0.3 is 0 Å². The summed E-state index contributed by atoms with van der Waals surface area (Å²) in [6.07, 6.45) is 1.77. The number of hydrogen-bond donors (Lipinski definition) is 1. The minimum atomic E-state index is 0.0993. The van der Waals surface area contributed by atoms with E-state index in [1.165, 1.54) is 0 Å². The molecule has 0 aromatic carbocycles. The highest BCUT2D eigenvalue weighted by atomic mass is 35.5. The molecule has 0 radical (unpaired) electrons. The molecule has 12 heavy (non-hydrogen) atoms. The summed E-state index contributed by atoms with van der Waals surface area (Å²) in [5, 5.41) is 2.90. The number of alkyl halides is 1. The van der Waals surface area contributed by atoms with E-state index < -0.39 is 0 Å². The van der Waals surface area contributed by atoms with Crippen molar-refractivity contribution in [2.24, 2.45) is 5.92 Å². The van der Waals surface area contributed by atoms with Gasteiger partial charge in [0.2, 0.25) is 5.91 Å². The number of rotatable bonds is 5. The van der Waals surface area contributed by atoms with Gasteiger partial charge < -0.3 is 5.32 Å². The molecule has 0 saturated carbocycles. The molecule has 2 unspecified atom stereocenters. The quantitative estimate of drug-likeness (QED) is 0.664. The maximum Gasteiger partial charge on any atom is 0.223 e. The van der Waals surface area contributed by atoms with E-state index in [0.717, 1.165) is 12.8 Å². The van der Waals surface area contributed by atoms with Gasteiger partial charge in [-0.05, 0) is 12.8 Å². The largest absolute Gasteiger partial charge is 0.352 e. The summed E-state index contributed by atoms with van der Waals surface area (Å²) < 4.78 is 0. The second kappa shape index (κ2) is 6.30. The third kappa shape index (κ3) is 3.96. The highest BCUT2D eigenvalue weighted by Gasteiger charge is 2.13. The van der Waals surface area contributed by atoms with Crippen LogP contribution >= 0.6 is 11.6 Å². The minimum Gasteiger partial charge on any atom is -0.352 e. The first-order valence-electron chi connectivity index (χ1n) is 4.52. The van der Waals surface area contributed by atoms with Gasteiger partial charge in [-0.3, -0.25) is 4.79 Å². The summed E-state index contributed by atoms with van der Waals surface area (Å²) in [6.45, 7) is 5.95. The smallest absolute Gasteiger partial charge is 0.223 e. The fourth-order valence-corrected chi connectivity index (χ4v) is 1.07. The van der Waals surface area contributed by atoms with Gasteiger partial charge in [0, 0.05) is 17.8 Å². The molecule has 0 aliphatic carbocycles. The molecule has 3 heteroatoms. The lowest BCUT2D eigenvalue weighted by molar-refractivity contribution is -0.125. The summed E-state index contributed by atoms with van der Waals surface area (Å²) in [7, 11) is 0. The van der Waals surface area contributed by atoms with Gasteiger partial charge in [0.25, 0.3) is 0 Å². The molecule has 2 nitrogen and oxygen atoms in total. The van der Waals surface area contributed by atoms with Gasteiger partial charge in [0.1, 0.15) is 0 Å². The molecule has 0 heterocycles. The lowest BCUT2D eigenvalue weighted by Gasteiger charge is -2.16. The summed E-state index contributed by atoms with van der Waals surface area (Å²) >= 11 is 5.64. The fraction of sp³-hybridized carbons (Fsp3) is 0.889. The first-order valence-corrected chi connectivity index (χ1v) is 5.05. The third-order valence-electron chi connectivity index (χ3n) is 2.09. The van der Waals surface area contributed by atoms with Crippen LogP contribution in [0.3, 0.4) is 0 Å². The van der Waals surface area contributed by atoms with Crippen molar-refractivity contribution in [2.75, 3.05) is 5.88 Å². The standard InChI is InChI=1S/C9H18ClNO/c1-4-7(3)9(12)11-8(5-2)6-10/h7-8H,4-6H2,1-3H3,(H,11,12). The average Bonchev–Trinajstić information content (AvgIpc) is 2.12. The molecule has 1 N–H and O–H groups in total. The van der Waals surface area contributed by atoms with E-state index in [4.69, 9.17) is 11.6 Å². The van der Waals surface area contributed by atoms with Crippen LogP contribution in [0.25, 0.3) is 0 Å². The zero-order valence-electron chi connectivity index (χ0n) is 8.06. The summed E-state index contributed by atoms with van der Waals surface area (Å²) in [6, 6.07) is 0.133. The normalized spacial score (nSPS) is 15.3. The van der Waals surface area contributed by atoms with Crippen molar-refractivity contribution in [3.63, 3.8) is 0 Å². The minimum absolute atomic E-state index is 0.0993. The van der Waals surface area contributed by atoms with Crippen LogP contribution in [-0.2, 0) is 4.79 Å². The van der Waals surface area contributed by atoms with E-state index in [-0.39, 0.29) is 17.9 Å². The topological polar surface area (TPSA) is 29.1 Å². The highest BCUT2D eigenvalue weighted by Crippen LogP contribution is 2.02. The molecule has 0 aliphatic heterocycles. The predicted octanol–water partition coefficient (Wildman–Crippen LogP) is 2.17. The van der Waals surface area contributed by atoms with E-state index in [1.54, 1.807) is 0 Å². The number of hydrogen-bond acceptors (Lipinski definition) is 1. The van der Waals surface area contributed by atoms with Gasteiger partial charge in [-0.1, -0.05) is 20.8 Å². The molecule has 72 valence electrons. The molecule has 0 fully saturated rings. The van der Waals surface area contributed by atoms with E-state index in [2.05, 4.69) is 5.32 Å². The SMILES string of the molecule is CCC(CCl)NC(=O)C(C)CC. The summed E-state index contributed by atoms with van der Waals surface area (Å²) in [5.74, 6) is 0.714. The summed E-state index contributed by atoms with van der Waals surface area (Å²) in [4.78, 5) is 11.3. The van der Waals surface area contributed by atoms with Gasteiger partial charge in [0.15, 0.2) is 0 Å². The lowest BCUT2D eigenvalue weighted by Crippen LogP contribution is -2.38. The molecule has 0 spiro atoms. The van der Waals surface area contributed by atoms with Crippen molar-refractivity contribution in [3.05, 3.63) is 0 Å². The number of carbonyl (C=O) groups is 1. The highest BCUT2D eigenvalue weighted by molar-refractivity contribution is 6.18. The average molecular weight is 192 g/mol. The van der Waals surface area contributed by atoms with Gasteiger partial charge in [-0.15, -0.1) is 11.6 Å². The Morgan fingerprint density at radius 3 is 2.33 bits per heavy atom. The van der Waals surface area contributed by atoms with E-state index in [0.29, 0.717) is 5.88 Å². The maximum atomic E-state index is 11.3. The van der Waals surface area contributed by atoms with Crippen LogP contribution in [-0.4, -0.2) is 17.8 Å². The Morgan fingerprint density at radius 2 is 2.00 bits per heavy atom. The molecule has 2 atom stereocenters. The predicted molar refractivity (Wildman–Crippen MR) is 52.4 cm³/mol. The van der Waals surface area contributed by atoms with Crippen molar-refractivity contribution < 1.29 is 4.79 Å². The van der Waals surface area contributed by atoms with Crippen LogP contribution in [0.2, 0.25) is 0 Å². The second-order valence-electron chi connectivity index (χ2n) is 3.08. The van der Waals surface area contributed by atoms with Crippen molar-refractivity contribution in [1.29, 1.82) is 0 Å². The molecule has 1 amide bonds. The van der Waals surface area contributed by atoms with Gasteiger partial charge in [-0.25, -0.2) is 0 Å². The van der Waals surface area contributed by atoms with E-state index in [1.807, 2.05) is 20.8 Å². The molecule has 0 bridgehead atoms.